The molecule has 0 saturated heterocycles. The average Bonchev–Trinajstić information content (AvgIpc) is 2.78. The second kappa shape index (κ2) is 13.3. The van der Waals surface area contributed by atoms with Crippen molar-refractivity contribution in [2.24, 2.45) is 4.99 Å². The molecular formula is C24H28FIN4OS. The van der Waals surface area contributed by atoms with Gasteiger partial charge in [-0.2, -0.15) is 11.8 Å². The van der Waals surface area contributed by atoms with E-state index >= 15 is 0 Å². The molecule has 0 atom stereocenters. The zero-order valence-corrected chi connectivity index (χ0v) is 21.3. The number of aromatic nitrogens is 1. The monoisotopic (exact) mass is 566 g/mol. The Bertz CT molecular complexity index is 1090. The second-order valence-electron chi connectivity index (χ2n) is 7.11. The molecule has 2 N–H and O–H groups in total. The smallest absolute Gasteiger partial charge is 0.250 e. The summed E-state index contributed by atoms with van der Waals surface area (Å²) in [6, 6.07) is 18.2. The lowest BCUT2D eigenvalue weighted by Crippen LogP contribution is -2.36. The Labute approximate surface area is 209 Å². The van der Waals surface area contributed by atoms with E-state index < -0.39 is 0 Å². The SMILES string of the molecule is CN=C(NCc1ccc(Cn2ccccc2=O)cc1)NCc1ccc(F)cc1CSC.I. The molecule has 1 aromatic heterocycles. The fourth-order valence-electron chi connectivity index (χ4n) is 3.19. The van der Waals surface area contributed by atoms with Crippen molar-refractivity contribution in [3.8, 4) is 0 Å². The molecule has 0 unspecified atom stereocenters. The van der Waals surface area contributed by atoms with Gasteiger partial charge in [0.1, 0.15) is 5.82 Å². The first-order chi connectivity index (χ1) is 15.1. The molecule has 0 amide bonds. The van der Waals surface area contributed by atoms with Crippen LogP contribution in [-0.4, -0.2) is 23.8 Å². The lowest BCUT2D eigenvalue weighted by Gasteiger charge is -2.14. The summed E-state index contributed by atoms with van der Waals surface area (Å²) in [4.78, 5) is 16.1. The van der Waals surface area contributed by atoms with Gasteiger partial charge >= 0.3 is 0 Å². The van der Waals surface area contributed by atoms with Crippen molar-refractivity contribution < 1.29 is 4.39 Å². The molecule has 0 fully saturated rings. The molecule has 5 nitrogen and oxygen atoms in total. The maximum atomic E-state index is 13.5. The van der Waals surface area contributed by atoms with Gasteiger partial charge in [0.25, 0.3) is 5.56 Å². The molecule has 8 heteroatoms. The molecule has 2 aromatic carbocycles. The third-order valence-electron chi connectivity index (χ3n) is 4.87. The van der Waals surface area contributed by atoms with Crippen LogP contribution >= 0.6 is 35.7 Å². The molecule has 32 heavy (non-hydrogen) atoms. The van der Waals surface area contributed by atoms with Gasteiger partial charge in [0.05, 0.1) is 6.54 Å². The molecule has 0 aliphatic rings. The number of pyridine rings is 1. The first kappa shape index (κ1) is 25.9. The van der Waals surface area contributed by atoms with Crippen LogP contribution in [0.1, 0.15) is 22.3 Å². The third-order valence-corrected chi connectivity index (χ3v) is 5.47. The summed E-state index contributed by atoms with van der Waals surface area (Å²) in [6.07, 6.45) is 3.80. The van der Waals surface area contributed by atoms with Gasteiger partial charge in [-0.05, 0) is 46.7 Å². The number of rotatable bonds is 8. The van der Waals surface area contributed by atoms with Crippen molar-refractivity contribution >= 4 is 41.7 Å². The minimum absolute atomic E-state index is 0. The maximum absolute atomic E-state index is 13.5. The zero-order valence-electron chi connectivity index (χ0n) is 18.2. The Morgan fingerprint density at radius 1 is 1.00 bits per heavy atom. The first-order valence-electron chi connectivity index (χ1n) is 10.0. The molecule has 0 saturated carbocycles. The van der Waals surface area contributed by atoms with Crippen LogP contribution in [0.4, 0.5) is 4.39 Å². The van der Waals surface area contributed by atoms with Gasteiger partial charge in [-0.3, -0.25) is 9.79 Å². The Morgan fingerprint density at radius 3 is 2.41 bits per heavy atom. The van der Waals surface area contributed by atoms with Gasteiger partial charge in [-0.15, -0.1) is 24.0 Å². The van der Waals surface area contributed by atoms with Crippen molar-refractivity contribution in [1.29, 1.82) is 0 Å². The summed E-state index contributed by atoms with van der Waals surface area (Å²) in [5, 5.41) is 6.60. The number of guanidine groups is 1. The summed E-state index contributed by atoms with van der Waals surface area (Å²) in [6.45, 7) is 1.74. The molecular weight excluding hydrogens is 538 g/mol. The predicted molar refractivity (Wildman–Crippen MR) is 142 cm³/mol. The van der Waals surface area contributed by atoms with E-state index in [0.717, 1.165) is 28.0 Å². The van der Waals surface area contributed by atoms with E-state index in [1.807, 2.05) is 42.7 Å². The maximum Gasteiger partial charge on any atom is 0.250 e. The first-order valence-corrected chi connectivity index (χ1v) is 11.4. The average molecular weight is 566 g/mol. The van der Waals surface area contributed by atoms with Crippen LogP contribution < -0.4 is 16.2 Å². The Hall–Kier alpha value is -2.33. The highest BCUT2D eigenvalue weighted by atomic mass is 127. The largest absolute Gasteiger partial charge is 0.352 e. The summed E-state index contributed by atoms with van der Waals surface area (Å²) >= 11 is 1.67. The predicted octanol–water partition coefficient (Wildman–Crippen LogP) is 4.38. The number of hydrogen-bond donors (Lipinski definition) is 2. The summed E-state index contributed by atoms with van der Waals surface area (Å²) in [7, 11) is 1.73. The van der Waals surface area contributed by atoms with Crippen molar-refractivity contribution in [2.45, 2.75) is 25.4 Å². The number of aliphatic imine (C=N–C) groups is 1. The number of hydrogen-bond acceptors (Lipinski definition) is 3. The highest BCUT2D eigenvalue weighted by molar-refractivity contribution is 14.0. The van der Waals surface area contributed by atoms with Crippen LogP contribution in [-0.2, 0) is 25.4 Å². The van der Waals surface area contributed by atoms with Gasteiger partial charge in [0.15, 0.2) is 5.96 Å². The highest BCUT2D eigenvalue weighted by Gasteiger charge is 2.06. The lowest BCUT2D eigenvalue weighted by atomic mass is 10.1. The molecule has 0 aliphatic heterocycles. The third kappa shape index (κ3) is 7.67. The quantitative estimate of drug-likeness (QED) is 0.242. The van der Waals surface area contributed by atoms with Gasteiger partial charge in [0.2, 0.25) is 0 Å². The minimum Gasteiger partial charge on any atom is -0.352 e. The zero-order chi connectivity index (χ0) is 22.1. The fourth-order valence-corrected chi connectivity index (χ4v) is 3.77. The van der Waals surface area contributed by atoms with Crippen molar-refractivity contribution in [2.75, 3.05) is 13.3 Å². The van der Waals surface area contributed by atoms with Gasteiger partial charge in [-0.1, -0.05) is 36.4 Å². The van der Waals surface area contributed by atoms with E-state index in [9.17, 15) is 9.18 Å². The summed E-state index contributed by atoms with van der Waals surface area (Å²) in [5.74, 6) is 1.23. The highest BCUT2D eigenvalue weighted by Crippen LogP contribution is 2.16. The van der Waals surface area contributed by atoms with Crippen molar-refractivity contribution in [3.63, 3.8) is 0 Å². The van der Waals surface area contributed by atoms with Crippen LogP contribution in [0.5, 0.6) is 0 Å². The molecule has 0 radical (unpaired) electrons. The van der Waals surface area contributed by atoms with E-state index in [2.05, 4.69) is 15.6 Å². The molecule has 0 bridgehead atoms. The second-order valence-corrected chi connectivity index (χ2v) is 7.97. The number of nitrogens with one attached hydrogen (secondary N) is 2. The molecule has 3 rings (SSSR count). The van der Waals surface area contributed by atoms with E-state index in [4.69, 9.17) is 0 Å². The standard InChI is InChI=1S/C24H27FN4OS.HI/c1-26-24(28-15-20-10-11-22(25)13-21(20)17-31-2)27-14-18-6-8-19(9-7-18)16-29-12-4-3-5-23(29)30;/h3-13H,14-17H2,1-2H3,(H2,26,27,28);1H. The van der Waals surface area contributed by atoms with Crippen molar-refractivity contribution in [3.05, 3.63) is 105 Å². The lowest BCUT2D eigenvalue weighted by molar-refractivity contribution is 0.625. The molecule has 0 spiro atoms. The number of halogens is 2. The van der Waals surface area contributed by atoms with Crippen LogP contribution in [0.3, 0.4) is 0 Å². The molecule has 3 aromatic rings. The minimum atomic E-state index is -0.212. The van der Waals surface area contributed by atoms with Gasteiger partial charge in [-0.25, -0.2) is 4.39 Å². The topological polar surface area (TPSA) is 58.4 Å². The Balaban J connectivity index is 0.00000363. The van der Waals surface area contributed by atoms with Crippen LogP contribution in [0.2, 0.25) is 0 Å². The molecule has 1 heterocycles. The van der Waals surface area contributed by atoms with Crippen LogP contribution in [0, 0.1) is 5.82 Å². The van der Waals surface area contributed by atoms with E-state index in [1.165, 1.54) is 6.07 Å². The normalized spacial score (nSPS) is 11.0. The summed E-state index contributed by atoms with van der Waals surface area (Å²) < 4.78 is 15.2. The van der Waals surface area contributed by atoms with Gasteiger partial charge in [0, 0.05) is 38.2 Å². The van der Waals surface area contributed by atoms with Gasteiger partial charge < -0.3 is 15.2 Å². The number of nitrogens with zero attached hydrogens (tertiary/aromatic N) is 2. The van der Waals surface area contributed by atoms with Crippen molar-refractivity contribution in [1.82, 2.24) is 15.2 Å². The number of thioether (sulfide) groups is 1. The summed E-state index contributed by atoms with van der Waals surface area (Å²) in [5.41, 5.74) is 4.21. The molecule has 170 valence electrons. The van der Waals surface area contributed by atoms with Crippen LogP contribution in [0.25, 0.3) is 0 Å². The Kier molecular flexibility index (Phi) is 10.8. The molecule has 0 aliphatic carbocycles. The fraction of sp³-hybridized carbons (Fsp3) is 0.250. The number of benzene rings is 2. The van der Waals surface area contributed by atoms with E-state index in [1.54, 1.807) is 47.8 Å². The van der Waals surface area contributed by atoms with Crippen LogP contribution in [0.15, 0.2) is 76.6 Å². The Morgan fingerprint density at radius 2 is 1.72 bits per heavy atom. The van der Waals surface area contributed by atoms with E-state index in [-0.39, 0.29) is 35.4 Å². The van der Waals surface area contributed by atoms with E-state index in [0.29, 0.717) is 25.6 Å².